The first-order valence-corrected chi connectivity index (χ1v) is 4.87. The van der Waals surface area contributed by atoms with Gasteiger partial charge in [-0.3, -0.25) is 0 Å². The van der Waals surface area contributed by atoms with E-state index in [0.717, 1.165) is 5.56 Å². The van der Waals surface area contributed by atoms with E-state index in [9.17, 15) is 10.2 Å². The first-order valence-electron chi connectivity index (χ1n) is 4.87. The molecule has 0 aliphatic carbocycles. The summed E-state index contributed by atoms with van der Waals surface area (Å²) in [5.74, 6) is 0.860. The average Bonchev–Trinajstić information content (AvgIpc) is 2.28. The van der Waals surface area contributed by atoms with Crippen LogP contribution in [0, 0.1) is 0 Å². The van der Waals surface area contributed by atoms with Crippen LogP contribution in [0.25, 0.3) is 11.1 Å². The Hall–Kier alpha value is -2.16. The monoisotopic (exact) mass is 216 g/mol. The first-order chi connectivity index (χ1) is 7.72. The standard InChI is InChI=1S/C13H12O3/c1-16-12-7-3-6-11(15)13(12)9-4-2-5-10(14)8-9/h2-8,14-15H,1H3. The van der Waals surface area contributed by atoms with Gasteiger partial charge < -0.3 is 14.9 Å². The zero-order valence-electron chi connectivity index (χ0n) is 8.84. The third-order valence-electron chi connectivity index (χ3n) is 2.36. The van der Waals surface area contributed by atoms with Crippen LogP contribution in [-0.2, 0) is 0 Å². The van der Waals surface area contributed by atoms with E-state index in [1.54, 1.807) is 49.6 Å². The molecule has 0 bridgehead atoms. The van der Waals surface area contributed by atoms with Crippen molar-refractivity contribution in [3.63, 3.8) is 0 Å². The molecule has 0 spiro atoms. The van der Waals surface area contributed by atoms with Gasteiger partial charge in [-0.2, -0.15) is 0 Å². The molecule has 0 atom stereocenters. The van der Waals surface area contributed by atoms with Crippen molar-refractivity contribution in [3.8, 4) is 28.4 Å². The topological polar surface area (TPSA) is 49.7 Å². The van der Waals surface area contributed by atoms with E-state index < -0.39 is 0 Å². The minimum atomic E-state index is 0.130. The normalized spacial score (nSPS) is 10.1. The molecule has 0 aromatic heterocycles. The van der Waals surface area contributed by atoms with Crippen molar-refractivity contribution in [2.24, 2.45) is 0 Å². The van der Waals surface area contributed by atoms with Crippen LogP contribution >= 0.6 is 0 Å². The lowest BCUT2D eigenvalue weighted by atomic mass is 10.0. The molecule has 0 radical (unpaired) electrons. The number of phenols is 2. The second kappa shape index (κ2) is 4.14. The van der Waals surface area contributed by atoms with Crippen LogP contribution in [0.3, 0.4) is 0 Å². The zero-order chi connectivity index (χ0) is 11.5. The highest BCUT2D eigenvalue weighted by Gasteiger charge is 2.10. The van der Waals surface area contributed by atoms with Gasteiger partial charge in [0, 0.05) is 0 Å². The van der Waals surface area contributed by atoms with Crippen LogP contribution in [0.4, 0.5) is 0 Å². The molecule has 0 aliphatic rings. The molecule has 3 nitrogen and oxygen atoms in total. The average molecular weight is 216 g/mol. The van der Waals surface area contributed by atoms with Crippen molar-refractivity contribution in [2.75, 3.05) is 7.11 Å². The highest BCUT2D eigenvalue weighted by Crippen LogP contribution is 2.38. The third kappa shape index (κ3) is 1.80. The predicted octanol–water partition coefficient (Wildman–Crippen LogP) is 2.77. The molecule has 82 valence electrons. The Morgan fingerprint density at radius 3 is 2.44 bits per heavy atom. The van der Waals surface area contributed by atoms with E-state index in [2.05, 4.69) is 0 Å². The second-order valence-electron chi connectivity index (χ2n) is 3.40. The summed E-state index contributed by atoms with van der Waals surface area (Å²) in [6.45, 7) is 0. The van der Waals surface area contributed by atoms with Crippen LogP contribution in [0.5, 0.6) is 17.2 Å². The summed E-state index contributed by atoms with van der Waals surface area (Å²) < 4.78 is 5.18. The van der Waals surface area contributed by atoms with E-state index in [4.69, 9.17) is 4.74 Å². The predicted molar refractivity (Wildman–Crippen MR) is 61.8 cm³/mol. The van der Waals surface area contributed by atoms with E-state index >= 15 is 0 Å². The maximum atomic E-state index is 9.81. The Bertz CT molecular complexity index is 506. The van der Waals surface area contributed by atoms with Gasteiger partial charge in [0.25, 0.3) is 0 Å². The van der Waals surface area contributed by atoms with Crippen LogP contribution in [-0.4, -0.2) is 17.3 Å². The Labute approximate surface area is 93.6 Å². The fourth-order valence-corrected chi connectivity index (χ4v) is 1.64. The molecule has 2 N–H and O–H groups in total. The summed E-state index contributed by atoms with van der Waals surface area (Å²) in [6, 6.07) is 11.7. The van der Waals surface area contributed by atoms with Crippen LogP contribution in [0.2, 0.25) is 0 Å². The van der Waals surface area contributed by atoms with Crippen LogP contribution in [0.15, 0.2) is 42.5 Å². The van der Waals surface area contributed by atoms with Gasteiger partial charge >= 0.3 is 0 Å². The number of aromatic hydroxyl groups is 2. The lowest BCUT2D eigenvalue weighted by Gasteiger charge is -2.10. The van der Waals surface area contributed by atoms with Gasteiger partial charge in [-0.1, -0.05) is 18.2 Å². The van der Waals surface area contributed by atoms with Crippen molar-refractivity contribution in [2.45, 2.75) is 0 Å². The number of ether oxygens (including phenoxy) is 1. The van der Waals surface area contributed by atoms with Crippen LogP contribution < -0.4 is 4.74 Å². The fraction of sp³-hybridized carbons (Fsp3) is 0.0769. The number of hydrogen-bond donors (Lipinski definition) is 2. The molecule has 0 saturated carbocycles. The SMILES string of the molecule is COc1cccc(O)c1-c1cccc(O)c1. The van der Waals surface area contributed by atoms with Gasteiger partial charge in [0.1, 0.15) is 17.2 Å². The summed E-state index contributed by atoms with van der Waals surface area (Å²) in [7, 11) is 1.54. The number of phenolic OH excluding ortho intramolecular Hbond substituents is 2. The molecule has 2 aromatic rings. The Balaban J connectivity index is 2.63. The molecule has 0 aliphatic heterocycles. The third-order valence-corrected chi connectivity index (χ3v) is 2.36. The summed E-state index contributed by atoms with van der Waals surface area (Å²) in [4.78, 5) is 0. The number of benzene rings is 2. The van der Waals surface area contributed by atoms with Crippen molar-refractivity contribution in [1.82, 2.24) is 0 Å². The summed E-state index contributed by atoms with van der Waals surface area (Å²) in [5, 5.41) is 19.2. The molecule has 3 heteroatoms. The lowest BCUT2D eigenvalue weighted by Crippen LogP contribution is -1.88. The van der Waals surface area contributed by atoms with Gasteiger partial charge in [-0.05, 0) is 29.8 Å². The largest absolute Gasteiger partial charge is 0.508 e. The first kappa shape index (κ1) is 10.4. The van der Waals surface area contributed by atoms with Gasteiger partial charge in [-0.15, -0.1) is 0 Å². The van der Waals surface area contributed by atoms with E-state index in [0.29, 0.717) is 11.3 Å². The minimum Gasteiger partial charge on any atom is -0.508 e. The molecule has 0 unspecified atom stereocenters. The smallest absolute Gasteiger partial charge is 0.130 e. The fourth-order valence-electron chi connectivity index (χ4n) is 1.64. The lowest BCUT2D eigenvalue weighted by molar-refractivity contribution is 0.410. The molecule has 16 heavy (non-hydrogen) atoms. The van der Waals surface area contributed by atoms with Gasteiger partial charge in [0.2, 0.25) is 0 Å². The minimum absolute atomic E-state index is 0.130. The van der Waals surface area contributed by atoms with Crippen molar-refractivity contribution in [1.29, 1.82) is 0 Å². The maximum Gasteiger partial charge on any atom is 0.130 e. The van der Waals surface area contributed by atoms with E-state index in [1.807, 2.05) is 0 Å². The molecule has 0 heterocycles. The Morgan fingerprint density at radius 2 is 1.75 bits per heavy atom. The Kier molecular flexibility index (Phi) is 2.68. The highest BCUT2D eigenvalue weighted by atomic mass is 16.5. The van der Waals surface area contributed by atoms with Crippen LogP contribution in [0.1, 0.15) is 0 Å². The van der Waals surface area contributed by atoms with Crippen molar-refractivity contribution >= 4 is 0 Å². The van der Waals surface area contributed by atoms with E-state index in [-0.39, 0.29) is 11.5 Å². The van der Waals surface area contributed by atoms with Gasteiger partial charge in [0.15, 0.2) is 0 Å². The summed E-state index contributed by atoms with van der Waals surface area (Å²) in [5.41, 5.74) is 1.30. The highest BCUT2D eigenvalue weighted by molar-refractivity contribution is 5.77. The number of rotatable bonds is 2. The molecule has 0 amide bonds. The molecular weight excluding hydrogens is 204 g/mol. The van der Waals surface area contributed by atoms with Gasteiger partial charge in [0.05, 0.1) is 12.7 Å². The molecule has 0 saturated heterocycles. The second-order valence-corrected chi connectivity index (χ2v) is 3.40. The van der Waals surface area contributed by atoms with Gasteiger partial charge in [-0.25, -0.2) is 0 Å². The zero-order valence-corrected chi connectivity index (χ0v) is 8.84. The molecule has 2 rings (SSSR count). The van der Waals surface area contributed by atoms with Crippen molar-refractivity contribution < 1.29 is 14.9 Å². The number of methoxy groups -OCH3 is 1. The molecule has 2 aromatic carbocycles. The Morgan fingerprint density at radius 1 is 1.00 bits per heavy atom. The van der Waals surface area contributed by atoms with Crippen molar-refractivity contribution in [3.05, 3.63) is 42.5 Å². The number of hydrogen-bond acceptors (Lipinski definition) is 3. The molecular formula is C13H12O3. The molecule has 0 fully saturated rings. The van der Waals surface area contributed by atoms with E-state index in [1.165, 1.54) is 0 Å². The quantitative estimate of drug-likeness (QED) is 0.811. The summed E-state index contributed by atoms with van der Waals surface area (Å²) >= 11 is 0. The maximum absolute atomic E-state index is 9.81. The summed E-state index contributed by atoms with van der Waals surface area (Å²) in [6.07, 6.45) is 0.